The van der Waals surface area contributed by atoms with E-state index in [9.17, 15) is 23.8 Å². The van der Waals surface area contributed by atoms with E-state index in [1.54, 1.807) is 0 Å². The van der Waals surface area contributed by atoms with Crippen LogP contribution in [-0.2, 0) is 37.5 Å². The van der Waals surface area contributed by atoms with Crippen molar-refractivity contribution >= 4 is 25.7 Å². The fraction of sp³-hybridized carbons (Fsp3) is 0.860. The average Bonchev–Trinajstić information content (AvgIpc) is 3.25. The highest BCUT2D eigenvalue weighted by atomic mass is 31.2. The van der Waals surface area contributed by atoms with Crippen LogP contribution in [0, 0.1) is 0 Å². The van der Waals surface area contributed by atoms with Crippen LogP contribution in [0.3, 0.4) is 0 Å². The molecule has 62 heavy (non-hydrogen) atoms. The zero-order chi connectivity index (χ0) is 45.6. The number of ether oxygens (including phenoxy) is 2. The lowest BCUT2D eigenvalue weighted by Crippen LogP contribution is -2.34. The molecule has 0 aromatic rings. The third-order valence-electron chi connectivity index (χ3n) is 11.2. The lowest BCUT2D eigenvalue weighted by Gasteiger charge is -2.20. The number of esters is 2. The zero-order valence-corrected chi connectivity index (χ0v) is 40.6. The van der Waals surface area contributed by atoms with Gasteiger partial charge in [-0.1, -0.05) is 218 Å². The van der Waals surface area contributed by atoms with Crippen molar-refractivity contribution in [1.29, 1.82) is 0 Å². The summed E-state index contributed by atoms with van der Waals surface area (Å²) in [6.45, 7) is 2.81. The summed E-state index contributed by atoms with van der Waals surface area (Å²) in [6, 6.07) is -1.53. The quantitative estimate of drug-likeness (QED) is 0.0230. The Kier molecular flexibility index (Phi) is 44.0. The van der Waals surface area contributed by atoms with Gasteiger partial charge in [0.25, 0.3) is 0 Å². The van der Waals surface area contributed by atoms with Crippen molar-refractivity contribution < 1.29 is 47.5 Å². The molecule has 0 aromatic heterocycles. The topological polar surface area (TPSA) is 172 Å². The minimum Gasteiger partial charge on any atom is -0.480 e. The Hall–Kier alpha value is -2.04. The van der Waals surface area contributed by atoms with Crippen LogP contribution in [0.1, 0.15) is 245 Å². The second kappa shape index (κ2) is 45.5. The predicted octanol–water partition coefficient (Wildman–Crippen LogP) is 14.2. The predicted molar refractivity (Wildman–Crippen MR) is 254 cm³/mol. The van der Waals surface area contributed by atoms with Gasteiger partial charge in [-0.15, -0.1) is 0 Å². The molecule has 0 aliphatic heterocycles. The van der Waals surface area contributed by atoms with Gasteiger partial charge in [-0.2, -0.15) is 0 Å². The summed E-state index contributed by atoms with van der Waals surface area (Å²) < 4.78 is 32.8. The highest BCUT2D eigenvalue weighted by molar-refractivity contribution is 7.47. The molecule has 0 bridgehead atoms. The van der Waals surface area contributed by atoms with Crippen LogP contribution >= 0.6 is 7.82 Å². The molecule has 0 radical (unpaired) electrons. The van der Waals surface area contributed by atoms with Crippen LogP contribution in [0.15, 0.2) is 24.3 Å². The van der Waals surface area contributed by atoms with Gasteiger partial charge in [0.15, 0.2) is 6.10 Å². The van der Waals surface area contributed by atoms with Crippen LogP contribution in [0.5, 0.6) is 0 Å². The van der Waals surface area contributed by atoms with Crippen molar-refractivity contribution in [2.75, 3.05) is 19.8 Å². The van der Waals surface area contributed by atoms with Crippen molar-refractivity contribution in [1.82, 2.24) is 0 Å². The molecular weight excluding hydrogens is 806 g/mol. The standard InChI is InChI=1S/C50H94NO10P/c1-3-5-7-9-11-13-15-17-19-21-22-23-24-26-27-29-31-33-35-37-39-41-48(52)58-43-46(44-59-62(56,57)60-45-47(51)50(54)55)61-49(53)42-40-38-36-34-32-30-28-25-20-18-16-14-12-10-8-6-4-2/h28,30,34,36,46-47H,3-27,29,31-33,35,37-45,51H2,1-2H3,(H,54,55)(H,56,57)/b30-28+,36-34+/t46-,47+/m1/s1. The molecule has 3 atom stereocenters. The van der Waals surface area contributed by atoms with Gasteiger partial charge in [-0.25, -0.2) is 4.57 Å². The monoisotopic (exact) mass is 900 g/mol. The van der Waals surface area contributed by atoms with Crippen LogP contribution < -0.4 is 5.73 Å². The maximum atomic E-state index is 12.6. The molecule has 0 aromatic carbocycles. The van der Waals surface area contributed by atoms with Gasteiger partial charge in [0, 0.05) is 12.8 Å². The summed E-state index contributed by atoms with van der Waals surface area (Å²) in [5, 5.41) is 8.91. The lowest BCUT2D eigenvalue weighted by atomic mass is 10.0. The first-order valence-corrected chi connectivity index (χ1v) is 26.9. The van der Waals surface area contributed by atoms with E-state index in [1.807, 2.05) is 6.08 Å². The number of allylic oxidation sites excluding steroid dienone is 4. The molecule has 4 N–H and O–H groups in total. The number of phosphoric ester groups is 1. The molecule has 0 rings (SSSR count). The minimum absolute atomic E-state index is 0.101. The van der Waals surface area contributed by atoms with E-state index in [0.717, 1.165) is 32.1 Å². The first-order chi connectivity index (χ1) is 30.1. The van der Waals surface area contributed by atoms with Crippen molar-refractivity contribution in [3.8, 4) is 0 Å². The largest absolute Gasteiger partial charge is 0.480 e. The van der Waals surface area contributed by atoms with Gasteiger partial charge < -0.3 is 25.2 Å². The van der Waals surface area contributed by atoms with Gasteiger partial charge >= 0.3 is 25.7 Å². The molecule has 0 aliphatic carbocycles. The van der Waals surface area contributed by atoms with Crippen molar-refractivity contribution in [3.05, 3.63) is 24.3 Å². The van der Waals surface area contributed by atoms with Crippen molar-refractivity contribution in [2.45, 2.75) is 257 Å². The van der Waals surface area contributed by atoms with E-state index in [1.165, 1.54) is 167 Å². The van der Waals surface area contributed by atoms with Crippen molar-refractivity contribution in [2.24, 2.45) is 5.73 Å². The number of hydrogen-bond acceptors (Lipinski definition) is 9. The fourth-order valence-corrected chi connectivity index (χ4v) is 8.00. The second-order valence-corrected chi connectivity index (χ2v) is 18.8. The molecule has 12 heteroatoms. The Morgan fingerprint density at radius 2 is 0.871 bits per heavy atom. The molecule has 0 spiro atoms. The first-order valence-electron chi connectivity index (χ1n) is 25.4. The molecule has 0 heterocycles. The number of unbranched alkanes of at least 4 members (excludes halogenated alkanes) is 30. The van der Waals surface area contributed by atoms with Crippen LogP contribution in [0.25, 0.3) is 0 Å². The fourth-order valence-electron chi connectivity index (χ4n) is 7.22. The molecule has 0 amide bonds. The van der Waals surface area contributed by atoms with Gasteiger partial charge in [-0.05, 0) is 38.5 Å². The highest BCUT2D eigenvalue weighted by Gasteiger charge is 2.28. The Balaban J connectivity index is 4.26. The number of carboxylic acid groups (broad SMARTS) is 1. The lowest BCUT2D eigenvalue weighted by molar-refractivity contribution is -0.161. The maximum Gasteiger partial charge on any atom is 0.472 e. The van der Waals surface area contributed by atoms with Crippen LogP contribution in [0.4, 0.5) is 0 Å². The van der Waals surface area contributed by atoms with E-state index in [2.05, 4.69) is 36.6 Å². The Labute approximate surface area is 379 Å². The number of carbonyl (C=O) groups is 3. The molecule has 0 fully saturated rings. The van der Waals surface area contributed by atoms with E-state index < -0.39 is 51.1 Å². The van der Waals surface area contributed by atoms with Crippen LogP contribution in [-0.4, -0.2) is 59.9 Å². The third-order valence-corrected chi connectivity index (χ3v) is 12.2. The van der Waals surface area contributed by atoms with Gasteiger partial charge in [-0.3, -0.25) is 23.4 Å². The van der Waals surface area contributed by atoms with Crippen LogP contribution in [0.2, 0.25) is 0 Å². The van der Waals surface area contributed by atoms with E-state index >= 15 is 0 Å². The highest BCUT2D eigenvalue weighted by Crippen LogP contribution is 2.43. The first kappa shape index (κ1) is 60.0. The average molecular weight is 900 g/mol. The molecule has 0 saturated heterocycles. The van der Waals surface area contributed by atoms with E-state index in [-0.39, 0.29) is 19.4 Å². The summed E-state index contributed by atoms with van der Waals surface area (Å²) in [7, 11) is -4.73. The Bertz CT molecular complexity index is 1150. The number of carbonyl (C=O) groups excluding carboxylic acids is 2. The van der Waals surface area contributed by atoms with Gasteiger partial charge in [0.1, 0.15) is 12.6 Å². The summed E-state index contributed by atoms with van der Waals surface area (Å²) in [5.74, 6) is -2.42. The Morgan fingerprint density at radius 3 is 1.31 bits per heavy atom. The van der Waals surface area contributed by atoms with Crippen molar-refractivity contribution in [3.63, 3.8) is 0 Å². The molecule has 11 nitrogen and oxygen atoms in total. The summed E-state index contributed by atoms with van der Waals surface area (Å²) in [5.41, 5.74) is 5.35. The maximum absolute atomic E-state index is 12.6. The number of nitrogens with two attached hydrogens (primary N) is 1. The van der Waals surface area contributed by atoms with Gasteiger partial charge in [0.05, 0.1) is 13.2 Å². The molecule has 364 valence electrons. The Morgan fingerprint density at radius 1 is 0.500 bits per heavy atom. The van der Waals surface area contributed by atoms with Gasteiger partial charge in [0.2, 0.25) is 0 Å². The van der Waals surface area contributed by atoms with E-state index in [0.29, 0.717) is 19.3 Å². The summed E-state index contributed by atoms with van der Waals surface area (Å²) in [6.07, 6.45) is 49.7. The number of aliphatic carboxylic acids is 1. The molecular formula is C50H94NO10P. The summed E-state index contributed by atoms with van der Waals surface area (Å²) >= 11 is 0. The SMILES string of the molecule is CCCCCCCCCCC/C=C/C/C=C/CCCC(=O)O[C@H](COC(=O)CCCCCCCCCCCCCCCCCCCCCCC)COP(=O)(O)OC[C@H](N)C(=O)O. The zero-order valence-electron chi connectivity index (χ0n) is 39.7. The number of hydrogen-bond donors (Lipinski definition) is 3. The smallest absolute Gasteiger partial charge is 0.472 e. The molecule has 0 aliphatic rings. The third kappa shape index (κ3) is 44.6. The second-order valence-electron chi connectivity index (χ2n) is 17.3. The minimum atomic E-state index is -4.73. The summed E-state index contributed by atoms with van der Waals surface area (Å²) in [4.78, 5) is 46.1. The number of rotatable bonds is 48. The molecule has 0 saturated carbocycles. The van der Waals surface area contributed by atoms with E-state index in [4.69, 9.17) is 24.8 Å². The number of carboxylic acids is 1. The normalized spacial score (nSPS) is 13.7. The molecule has 1 unspecified atom stereocenters. The number of phosphoric acid groups is 1.